The van der Waals surface area contributed by atoms with E-state index in [0.717, 1.165) is 5.56 Å². The Morgan fingerprint density at radius 2 is 1.36 bits per heavy atom. The van der Waals surface area contributed by atoms with E-state index >= 15 is 0 Å². The lowest BCUT2D eigenvalue weighted by Crippen LogP contribution is -2.50. The van der Waals surface area contributed by atoms with E-state index in [1.807, 2.05) is 44.2 Å². The molecule has 0 heterocycles. The van der Waals surface area contributed by atoms with Crippen LogP contribution in [0.3, 0.4) is 0 Å². The smallest absolute Gasteiger partial charge is 0.316 e. The van der Waals surface area contributed by atoms with Gasteiger partial charge in [-0.1, -0.05) is 36.4 Å². The summed E-state index contributed by atoms with van der Waals surface area (Å²) in [6.45, 7) is 14.7. The predicted octanol–water partition coefficient (Wildman–Crippen LogP) is 4.93. The van der Waals surface area contributed by atoms with E-state index in [1.54, 1.807) is 47.6 Å². The summed E-state index contributed by atoms with van der Waals surface area (Å²) in [5.41, 5.74) is -0.623. The largest absolute Gasteiger partial charge is 0.422 e. The zero-order chi connectivity index (χ0) is 28.7. The van der Waals surface area contributed by atoms with Gasteiger partial charge in [0.2, 0.25) is 5.91 Å². The Morgan fingerprint density at radius 3 is 1.90 bits per heavy atom. The Kier molecular flexibility index (Phi) is 12.3. The van der Waals surface area contributed by atoms with Gasteiger partial charge in [0.05, 0.1) is 23.4 Å². The molecule has 3 N–H and O–H groups in total. The summed E-state index contributed by atoms with van der Waals surface area (Å²) in [6, 6.07) is 14.2. The van der Waals surface area contributed by atoms with E-state index in [2.05, 4.69) is 10.6 Å². The van der Waals surface area contributed by atoms with Crippen LogP contribution in [0.4, 0.5) is 0 Å². The van der Waals surface area contributed by atoms with Crippen molar-refractivity contribution in [2.45, 2.75) is 73.5 Å². The van der Waals surface area contributed by atoms with E-state index in [4.69, 9.17) is 9.47 Å². The van der Waals surface area contributed by atoms with Gasteiger partial charge in [0.15, 0.2) is 11.5 Å². The van der Waals surface area contributed by atoms with Gasteiger partial charge in [0, 0.05) is 18.6 Å². The summed E-state index contributed by atoms with van der Waals surface area (Å²) in [5.74, 6) is -0.893. The van der Waals surface area contributed by atoms with Crippen molar-refractivity contribution < 1.29 is 29.0 Å². The van der Waals surface area contributed by atoms with Crippen LogP contribution in [0, 0.1) is 10.8 Å². The van der Waals surface area contributed by atoms with Crippen molar-refractivity contribution in [3.05, 3.63) is 59.7 Å². The molecule has 2 rings (SSSR count). The highest BCUT2D eigenvalue weighted by molar-refractivity contribution is 8.93. The molecule has 8 nitrogen and oxygen atoms in total. The van der Waals surface area contributed by atoms with Crippen molar-refractivity contribution in [3.8, 4) is 11.5 Å². The molecule has 1 unspecified atom stereocenters. The maximum atomic E-state index is 12.6. The SMILES string of the molecule is Br.CC(C)(CNC(=O)Cc1ccccc1)NCC(O)c1ccc(OC(=O)C(C)(C)C)c(OC(=O)C(C)(C)C)c1. The van der Waals surface area contributed by atoms with Gasteiger partial charge in [-0.05, 0) is 78.6 Å². The van der Waals surface area contributed by atoms with E-state index in [1.165, 1.54) is 12.1 Å². The van der Waals surface area contributed by atoms with Crippen LogP contribution in [-0.4, -0.2) is 41.6 Å². The van der Waals surface area contributed by atoms with Crippen LogP contribution in [0.1, 0.15) is 72.6 Å². The number of halogens is 1. The summed E-state index contributed by atoms with van der Waals surface area (Å²) in [6.07, 6.45) is -0.657. The summed E-state index contributed by atoms with van der Waals surface area (Å²) in [5, 5.41) is 17.1. The molecule has 2 aromatic rings. The molecule has 2 aromatic carbocycles. The fraction of sp³-hybridized carbons (Fsp3) is 0.500. The van der Waals surface area contributed by atoms with Crippen LogP contribution < -0.4 is 20.1 Å². The van der Waals surface area contributed by atoms with Crippen molar-refractivity contribution in [3.63, 3.8) is 0 Å². The van der Waals surface area contributed by atoms with Crippen molar-refractivity contribution in [2.75, 3.05) is 13.1 Å². The Morgan fingerprint density at radius 1 is 0.821 bits per heavy atom. The number of benzene rings is 2. The Labute approximate surface area is 242 Å². The number of aliphatic hydroxyl groups is 1. The molecule has 0 saturated carbocycles. The molecular weight excluding hydrogens is 564 g/mol. The number of nitrogens with one attached hydrogen (secondary N) is 2. The number of rotatable bonds is 10. The number of β-amino-alcohol motifs (C(OH)–C–C–N with tert-alkyl or cyclic N) is 1. The van der Waals surface area contributed by atoms with Gasteiger partial charge in [-0.15, -0.1) is 17.0 Å². The van der Waals surface area contributed by atoms with Gasteiger partial charge >= 0.3 is 11.9 Å². The maximum Gasteiger partial charge on any atom is 0.316 e. The van der Waals surface area contributed by atoms with Crippen LogP contribution in [0.15, 0.2) is 48.5 Å². The second kappa shape index (κ2) is 14.1. The van der Waals surface area contributed by atoms with Gasteiger partial charge < -0.3 is 25.2 Å². The lowest BCUT2D eigenvalue weighted by molar-refractivity contribution is -0.145. The number of carbonyl (C=O) groups is 3. The highest BCUT2D eigenvalue weighted by Crippen LogP contribution is 2.34. The number of aliphatic hydroxyl groups excluding tert-OH is 1. The summed E-state index contributed by atoms with van der Waals surface area (Å²) in [4.78, 5) is 37.4. The molecule has 0 radical (unpaired) electrons. The average molecular weight is 608 g/mol. The number of amides is 1. The number of esters is 2. The zero-order valence-corrected chi connectivity index (χ0v) is 25.9. The first-order chi connectivity index (χ1) is 17.5. The molecular formula is C30H43BrN2O6. The number of ether oxygens (including phenoxy) is 2. The minimum absolute atomic E-state index is 0. The molecule has 1 atom stereocenters. The molecule has 0 fully saturated rings. The highest BCUT2D eigenvalue weighted by Gasteiger charge is 2.29. The van der Waals surface area contributed by atoms with Crippen LogP contribution in [0.2, 0.25) is 0 Å². The molecule has 0 aliphatic rings. The van der Waals surface area contributed by atoms with Crippen LogP contribution in [0.25, 0.3) is 0 Å². The lowest BCUT2D eigenvalue weighted by Gasteiger charge is -2.28. The normalized spacial score (nSPS) is 12.6. The molecule has 0 aliphatic heterocycles. The molecule has 39 heavy (non-hydrogen) atoms. The molecule has 1 amide bonds. The molecule has 216 valence electrons. The van der Waals surface area contributed by atoms with E-state index in [0.29, 0.717) is 18.5 Å². The Bertz CT molecular complexity index is 1120. The first kappa shape index (κ1) is 34.3. The standard InChI is InChI=1S/C30H42N2O6.BrH/c1-28(2,3)26(35)37-23-15-14-21(17-24(23)38-27(36)29(4,5)6)22(33)18-32-30(7,8)19-31-25(34)16-20-12-10-9-11-13-20;/h9-15,17,22,32-33H,16,18-19H2,1-8H3,(H,31,34);1H. The molecule has 0 aromatic heterocycles. The summed E-state index contributed by atoms with van der Waals surface area (Å²) >= 11 is 0. The van der Waals surface area contributed by atoms with Gasteiger partial charge in [-0.2, -0.15) is 0 Å². The Balaban J connectivity index is 0.00000760. The third-order valence-electron chi connectivity index (χ3n) is 5.69. The third-order valence-corrected chi connectivity index (χ3v) is 5.69. The molecule has 0 aliphatic carbocycles. The molecule has 0 saturated heterocycles. The predicted molar refractivity (Wildman–Crippen MR) is 157 cm³/mol. The van der Waals surface area contributed by atoms with Gasteiger partial charge in [0.25, 0.3) is 0 Å². The third kappa shape index (κ3) is 11.5. The molecule has 0 bridgehead atoms. The first-order valence-corrected chi connectivity index (χ1v) is 12.8. The van der Waals surface area contributed by atoms with Crippen molar-refractivity contribution in [1.29, 1.82) is 0 Å². The van der Waals surface area contributed by atoms with E-state index < -0.39 is 34.4 Å². The number of hydrogen-bond donors (Lipinski definition) is 3. The number of carbonyl (C=O) groups excluding carboxylic acids is 3. The second-order valence-electron chi connectivity index (χ2n) is 12.2. The van der Waals surface area contributed by atoms with E-state index in [-0.39, 0.29) is 40.9 Å². The first-order valence-electron chi connectivity index (χ1n) is 12.8. The minimum Gasteiger partial charge on any atom is -0.422 e. The van der Waals surface area contributed by atoms with Gasteiger partial charge in [-0.3, -0.25) is 14.4 Å². The lowest BCUT2D eigenvalue weighted by atomic mass is 9.97. The summed E-state index contributed by atoms with van der Waals surface area (Å²) in [7, 11) is 0. The highest BCUT2D eigenvalue weighted by atomic mass is 79.9. The topological polar surface area (TPSA) is 114 Å². The number of hydrogen-bond acceptors (Lipinski definition) is 7. The molecule has 0 spiro atoms. The van der Waals surface area contributed by atoms with Crippen LogP contribution in [0.5, 0.6) is 11.5 Å². The van der Waals surface area contributed by atoms with Crippen LogP contribution >= 0.6 is 17.0 Å². The Hall–Kier alpha value is -2.75. The van der Waals surface area contributed by atoms with Crippen molar-refractivity contribution in [2.24, 2.45) is 10.8 Å². The monoisotopic (exact) mass is 606 g/mol. The van der Waals surface area contributed by atoms with Gasteiger partial charge in [-0.25, -0.2) is 0 Å². The second-order valence-corrected chi connectivity index (χ2v) is 12.2. The van der Waals surface area contributed by atoms with E-state index in [9.17, 15) is 19.5 Å². The van der Waals surface area contributed by atoms with Crippen molar-refractivity contribution in [1.82, 2.24) is 10.6 Å². The maximum absolute atomic E-state index is 12.6. The van der Waals surface area contributed by atoms with Gasteiger partial charge in [0.1, 0.15) is 0 Å². The summed E-state index contributed by atoms with van der Waals surface area (Å²) < 4.78 is 11.1. The fourth-order valence-corrected chi connectivity index (χ4v) is 3.12. The zero-order valence-electron chi connectivity index (χ0n) is 24.2. The van der Waals surface area contributed by atoms with Crippen LogP contribution in [-0.2, 0) is 20.8 Å². The van der Waals surface area contributed by atoms with Crippen molar-refractivity contribution >= 4 is 34.8 Å². The minimum atomic E-state index is -0.950. The fourth-order valence-electron chi connectivity index (χ4n) is 3.12. The average Bonchev–Trinajstić information content (AvgIpc) is 2.82. The quantitative estimate of drug-likeness (QED) is 0.259. The molecule has 9 heteroatoms.